The zero-order chi connectivity index (χ0) is 16.9. The number of hydrogen-bond acceptors (Lipinski definition) is 1. The first-order valence-electron chi connectivity index (χ1n) is 7.82. The molecule has 24 heavy (non-hydrogen) atoms. The van der Waals surface area contributed by atoms with Crippen molar-refractivity contribution in [1.29, 1.82) is 0 Å². The summed E-state index contributed by atoms with van der Waals surface area (Å²) in [7, 11) is 0. The van der Waals surface area contributed by atoms with Crippen molar-refractivity contribution < 1.29 is 9.18 Å². The van der Waals surface area contributed by atoms with Gasteiger partial charge in [-0.05, 0) is 41.3 Å². The van der Waals surface area contributed by atoms with E-state index >= 15 is 0 Å². The molecule has 0 saturated carbocycles. The van der Waals surface area contributed by atoms with Crippen LogP contribution in [0.1, 0.15) is 11.1 Å². The second-order valence-electron chi connectivity index (χ2n) is 5.77. The first kappa shape index (κ1) is 15.9. The molecule has 0 heterocycles. The zero-order valence-corrected chi connectivity index (χ0v) is 13.4. The Kier molecular flexibility index (Phi) is 4.71. The monoisotopic (exact) mass is 319 g/mol. The van der Waals surface area contributed by atoms with Crippen LogP contribution < -0.4 is 5.32 Å². The molecular formula is C21H18FNO. The molecule has 1 amide bonds. The zero-order valence-electron chi connectivity index (χ0n) is 13.4. The summed E-state index contributed by atoms with van der Waals surface area (Å²) < 4.78 is 13.7. The van der Waals surface area contributed by atoms with E-state index in [0.717, 1.165) is 22.3 Å². The molecule has 0 aliphatic heterocycles. The van der Waals surface area contributed by atoms with Crippen LogP contribution in [0.25, 0.3) is 11.1 Å². The molecule has 120 valence electrons. The van der Waals surface area contributed by atoms with E-state index in [9.17, 15) is 9.18 Å². The number of amides is 1. The molecule has 0 fully saturated rings. The van der Waals surface area contributed by atoms with Gasteiger partial charge in [0.05, 0.1) is 12.1 Å². The van der Waals surface area contributed by atoms with Crippen LogP contribution in [-0.4, -0.2) is 5.91 Å². The molecule has 3 rings (SSSR count). The van der Waals surface area contributed by atoms with Crippen molar-refractivity contribution in [2.75, 3.05) is 5.32 Å². The SMILES string of the molecule is Cc1ccc(F)c(NC(=O)Cc2ccc(-c3ccccc3)cc2)c1. The highest BCUT2D eigenvalue weighted by atomic mass is 19.1. The number of carbonyl (C=O) groups is 1. The smallest absolute Gasteiger partial charge is 0.228 e. The summed E-state index contributed by atoms with van der Waals surface area (Å²) in [5, 5.41) is 2.63. The Bertz CT molecular complexity index is 841. The third kappa shape index (κ3) is 3.87. The van der Waals surface area contributed by atoms with Gasteiger partial charge < -0.3 is 5.32 Å². The summed E-state index contributed by atoms with van der Waals surface area (Å²) in [6.07, 6.45) is 0.211. The van der Waals surface area contributed by atoms with Gasteiger partial charge in [0.25, 0.3) is 0 Å². The third-order valence-corrected chi connectivity index (χ3v) is 3.82. The van der Waals surface area contributed by atoms with Gasteiger partial charge in [-0.15, -0.1) is 0 Å². The number of carbonyl (C=O) groups excluding carboxylic acids is 1. The number of aryl methyl sites for hydroxylation is 1. The third-order valence-electron chi connectivity index (χ3n) is 3.82. The lowest BCUT2D eigenvalue weighted by Crippen LogP contribution is -2.15. The predicted molar refractivity (Wildman–Crippen MR) is 95.3 cm³/mol. The molecule has 1 N–H and O–H groups in total. The largest absolute Gasteiger partial charge is 0.323 e. The number of nitrogens with one attached hydrogen (secondary N) is 1. The topological polar surface area (TPSA) is 29.1 Å². The number of rotatable bonds is 4. The van der Waals surface area contributed by atoms with Crippen LogP contribution in [0.15, 0.2) is 72.8 Å². The molecule has 0 spiro atoms. The van der Waals surface area contributed by atoms with Crippen LogP contribution in [0, 0.1) is 12.7 Å². The average molecular weight is 319 g/mol. The molecule has 2 nitrogen and oxygen atoms in total. The fourth-order valence-electron chi connectivity index (χ4n) is 2.56. The minimum atomic E-state index is -0.423. The van der Waals surface area contributed by atoms with Gasteiger partial charge in [0.1, 0.15) is 5.82 Å². The van der Waals surface area contributed by atoms with Crippen molar-refractivity contribution >= 4 is 11.6 Å². The fraction of sp³-hybridized carbons (Fsp3) is 0.0952. The highest BCUT2D eigenvalue weighted by Gasteiger charge is 2.08. The highest BCUT2D eigenvalue weighted by Crippen LogP contribution is 2.20. The quantitative estimate of drug-likeness (QED) is 0.722. The minimum Gasteiger partial charge on any atom is -0.323 e. The lowest BCUT2D eigenvalue weighted by Gasteiger charge is -2.08. The van der Waals surface area contributed by atoms with E-state index in [0.29, 0.717) is 0 Å². The van der Waals surface area contributed by atoms with Gasteiger partial charge in [0.2, 0.25) is 5.91 Å². The Morgan fingerprint density at radius 2 is 1.58 bits per heavy atom. The first-order valence-corrected chi connectivity index (χ1v) is 7.82. The van der Waals surface area contributed by atoms with Crippen LogP contribution in [0.3, 0.4) is 0 Å². The molecule has 0 unspecified atom stereocenters. The second kappa shape index (κ2) is 7.09. The fourth-order valence-corrected chi connectivity index (χ4v) is 2.56. The molecule has 3 heteroatoms. The molecule has 3 aromatic carbocycles. The summed E-state index contributed by atoms with van der Waals surface area (Å²) >= 11 is 0. The van der Waals surface area contributed by atoms with Crippen LogP contribution in [0.2, 0.25) is 0 Å². The van der Waals surface area contributed by atoms with Crippen molar-refractivity contribution in [3.8, 4) is 11.1 Å². The van der Waals surface area contributed by atoms with E-state index < -0.39 is 5.82 Å². The Balaban J connectivity index is 1.67. The summed E-state index contributed by atoms with van der Waals surface area (Å²) in [5.41, 5.74) is 4.25. The summed E-state index contributed by atoms with van der Waals surface area (Å²) in [6, 6.07) is 22.6. The van der Waals surface area contributed by atoms with E-state index in [2.05, 4.69) is 5.32 Å². The van der Waals surface area contributed by atoms with Crippen molar-refractivity contribution in [2.24, 2.45) is 0 Å². The Morgan fingerprint density at radius 1 is 0.917 bits per heavy atom. The Morgan fingerprint density at radius 3 is 2.29 bits per heavy atom. The Hall–Kier alpha value is -2.94. The standard InChI is InChI=1S/C21H18FNO/c1-15-7-12-19(22)20(13-15)23-21(24)14-16-8-10-18(11-9-16)17-5-3-2-4-6-17/h2-13H,14H2,1H3,(H,23,24). The number of hydrogen-bond donors (Lipinski definition) is 1. The second-order valence-corrected chi connectivity index (χ2v) is 5.77. The Labute approximate surface area is 141 Å². The molecule has 0 aliphatic carbocycles. The number of benzene rings is 3. The lowest BCUT2D eigenvalue weighted by atomic mass is 10.0. The van der Waals surface area contributed by atoms with Crippen molar-refractivity contribution in [3.05, 3.63) is 89.7 Å². The molecule has 0 radical (unpaired) electrons. The summed E-state index contributed by atoms with van der Waals surface area (Å²) in [5.74, 6) is -0.652. The van der Waals surface area contributed by atoms with Crippen molar-refractivity contribution in [2.45, 2.75) is 13.3 Å². The maximum Gasteiger partial charge on any atom is 0.228 e. The molecule has 0 bridgehead atoms. The number of anilines is 1. The maximum absolute atomic E-state index is 13.7. The van der Waals surface area contributed by atoms with E-state index in [1.807, 2.05) is 61.5 Å². The predicted octanol–water partition coefficient (Wildman–Crippen LogP) is 4.98. The van der Waals surface area contributed by atoms with Gasteiger partial charge in [-0.1, -0.05) is 60.7 Å². The number of halogens is 1. The van der Waals surface area contributed by atoms with Crippen LogP contribution in [-0.2, 0) is 11.2 Å². The van der Waals surface area contributed by atoms with Gasteiger partial charge in [-0.2, -0.15) is 0 Å². The summed E-state index contributed by atoms with van der Waals surface area (Å²) in [6.45, 7) is 1.86. The van der Waals surface area contributed by atoms with Gasteiger partial charge in [0, 0.05) is 0 Å². The molecular weight excluding hydrogens is 301 g/mol. The molecule has 0 aromatic heterocycles. The van der Waals surface area contributed by atoms with E-state index in [4.69, 9.17) is 0 Å². The molecule has 0 saturated heterocycles. The van der Waals surface area contributed by atoms with Gasteiger partial charge in [0.15, 0.2) is 0 Å². The average Bonchev–Trinajstić information content (AvgIpc) is 2.59. The normalized spacial score (nSPS) is 10.4. The maximum atomic E-state index is 13.7. The van der Waals surface area contributed by atoms with Crippen molar-refractivity contribution in [1.82, 2.24) is 0 Å². The van der Waals surface area contributed by atoms with E-state index in [-0.39, 0.29) is 18.0 Å². The lowest BCUT2D eigenvalue weighted by molar-refractivity contribution is -0.115. The summed E-state index contributed by atoms with van der Waals surface area (Å²) in [4.78, 5) is 12.1. The van der Waals surface area contributed by atoms with Gasteiger partial charge >= 0.3 is 0 Å². The van der Waals surface area contributed by atoms with Crippen LogP contribution in [0.5, 0.6) is 0 Å². The molecule has 0 aliphatic rings. The van der Waals surface area contributed by atoms with Crippen molar-refractivity contribution in [3.63, 3.8) is 0 Å². The first-order chi connectivity index (χ1) is 11.6. The minimum absolute atomic E-state index is 0.211. The highest BCUT2D eigenvalue weighted by molar-refractivity contribution is 5.92. The molecule has 3 aromatic rings. The molecule has 0 atom stereocenters. The van der Waals surface area contributed by atoms with Gasteiger partial charge in [-0.25, -0.2) is 4.39 Å². The van der Waals surface area contributed by atoms with Gasteiger partial charge in [-0.3, -0.25) is 4.79 Å². The van der Waals surface area contributed by atoms with E-state index in [1.54, 1.807) is 12.1 Å². The van der Waals surface area contributed by atoms with Crippen LogP contribution in [0.4, 0.5) is 10.1 Å². The van der Waals surface area contributed by atoms with Crippen LogP contribution >= 0.6 is 0 Å². The van der Waals surface area contributed by atoms with E-state index in [1.165, 1.54) is 6.07 Å².